The van der Waals surface area contributed by atoms with E-state index in [9.17, 15) is 4.79 Å². The van der Waals surface area contributed by atoms with E-state index in [2.05, 4.69) is 21.0 Å². The quantitative estimate of drug-likeness (QED) is 0.893. The summed E-state index contributed by atoms with van der Waals surface area (Å²) in [6.07, 6.45) is 1.82. The minimum atomic E-state index is -1.12. The third-order valence-electron chi connectivity index (χ3n) is 2.55. The molecule has 0 saturated carbocycles. The summed E-state index contributed by atoms with van der Waals surface area (Å²) in [5.41, 5.74) is 1.04. The van der Waals surface area contributed by atoms with Crippen LogP contribution >= 0.6 is 27.5 Å². The summed E-state index contributed by atoms with van der Waals surface area (Å²) >= 11 is 9.33. The Morgan fingerprint density at radius 2 is 2.21 bits per heavy atom. The number of rotatable bonds is 4. The number of aromatic carboxylic acids is 1. The highest BCUT2D eigenvalue weighted by Gasteiger charge is 2.17. The van der Waals surface area contributed by atoms with Crippen LogP contribution in [-0.4, -0.2) is 32.6 Å². The Morgan fingerprint density at radius 1 is 1.47 bits per heavy atom. The Morgan fingerprint density at radius 3 is 2.84 bits per heavy atom. The molecule has 0 saturated heterocycles. The van der Waals surface area contributed by atoms with Crippen molar-refractivity contribution in [1.82, 2.24) is 9.78 Å². The van der Waals surface area contributed by atoms with E-state index in [1.807, 2.05) is 0 Å². The summed E-state index contributed by atoms with van der Waals surface area (Å²) in [4.78, 5) is 11.1. The lowest BCUT2D eigenvalue weighted by atomic mass is 10.2. The molecule has 1 heterocycles. The molecule has 0 aliphatic rings. The molecular weight excluding hydrogens is 336 g/mol. The zero-order valence-corrected chi connectivity index (χ0v) is 12.0. The van der Waals surface area contributed by atoms with Gasteiger partial charge in [0.1, 0.15) is 0 Å². The fourth-order valence-electron chi connectivity index (χ4n) is 1.69. The summed E-state index contributed by atoms with van der Waals surface area (Å²) in [7, 11) is 0. The third-order valence-corrected chi connectivity index (χ3v) is 3.93. The fraction of sp³-hybridized carbons (Fsp3) is 0.167. The van der Waals surface area contributed by atoms with E-state index in [-0.39, 0.29) is 18.7 Å². The highest BCUT2D eigenvalue weighted by atomic mass is 79.9. The summed E-state index contributed by atoms with van der Waals surface area (Å²) in [6, 6.07) is 5.22. The van der Waals surface area contributed by atoms with Crippen LogP contribution in [0.25, 0.3) is 5.69 Å². The van der Waals surface area contributed by atoms with Gasteiger partial charge in [-0.25, -0.2) is 9.48 Å². The van der Waals surface area contributed by atoms with Gasteiger partial charge in [-0.1, -0.05) is 17.7 Å². The predicted octanol–water partition coefficient (Wildman–Crippen LogP) is 2.52. The maximum absolute atomic E-state index is 11.1. The first-order chi connectivity index (χ1) is 9.04. The molecule has 5 nitrogen and oxygen atoms in total. The number of benzene rings is 1. The Bertz CT molecular complexity index is 627. The van der Waals surface area contributed by atoms with Crippen molar-refractivity contribution in [3.05, 3.63) is 45.1 Å². The lowest BCUT2D eigenvalue weighted by Gasteiger charge is -2.05. The molecule has 1 aromatic carbocycles. The lowest BCUT2D eigenvalue weighted by molar-refractivity contribution is 0.0688. The molecular formula is C12H10BrClN2O3. The van der Waals surface area contributed by atoms with Crippen LogP contribution in [0.2, 0.25) is 5.02 Å². The molecule has 0 unspecified atom stereocenters. The van der Waals surface area contributed by atoms with Crippen molar-refractivity contribution in [1.29, 1.82) is 0 Å². The first kappa shape index (κ1) is 14.0. The Balaban J connectivity index is 2.54. The second-order valence-corrected chi connectivity index (χ2v) is 5.00. The van der Waals surface area contributed by atoms with Crippen molar-refractivity contribution in [2.75, 3.05) is 6.61 Å². The fourth-order valence-corrected chi connectivity index (χ4v) is 2.30. The van der Waals surface area contributed by atoms with Crippen LogP contribution in [0.15, 0.2) is 28.9 Å². The zero-order chi connectivity index (χ0) is 14.0. The summed E-state index contributed by atoms with van der Waals surface area (Å²) in [5, 5.41) is 22.6. The minimum absolute atomic E-state index is 0.0686. The van der Waals surface area contributed by atoms with Gasteiger partial charge in [0.2, 0.25) is 0 Å². The number of halogens is 2. The van der Waals surface area contributed by atoms with Gasteiger partial charge in [-0.05, 0) is 34.5 Å². The molecule has 100 valence electrons. The van der Waals surface area contributed by atoms with Crippen LogP contribution in [-0.2, 0) is 6.42 Å². The molecule has 0 fully saturated rings. The molecule has 0 radical (unpaired) electrons. The van der Waals surface area contributed by atoms with Crippen molar-refractivity contribution in [3.8, 4) is 5.69 Å². The van der Waals surface area contributed by atoms with Gasteiger partial charge in [0.25, 0.3) is 0 Å². The first-order valence-corrected chi connectivity index (χ1v) is 6.58. The van der Waals surface area contributed by atoms with Crippen molar-refractivity contribution in [2.45, 2.75) is 6.42 Å². The number of hydrogen-bond donors (Lipinski definition) is 2. The van der Waals surface area contributed by atoms with E-state index in [0.717, 1.165) is 0 Å². The largest absolute Gasteiger partial charge is 0.476 e. The van der Waals surface area contributed by atoms with Crippen molar-refractivity contribution >= 4 is 33.5 Å². The molecule has 0 aliphatic carbocycles. The summed E-state index contributed by atoms with van der Waals surface area (Å²) in [6.45, 7) is -0.136. The van der Waals surface area contributed by atoms with E-state index in [1.54, 1.807) is 24.4 Å². The number of carboxylic acid groups (broad SMARTS) is 1. The van der Waals surface area contributed by atoms with Crippen LogP contribution < -0.4 is 0 Å². The predicted molar refractivity (Wildman–Crippen MR) is 74.0 cm³/mol. The molecule has 1 aromatic heterocycles. The molecule has 2 N–H and O–H groups in total. The molecule has 0 spiro atoms. The molecule has 2 rings (SSSR count). The van der Waals surface area contributed by atoms with Crippen molar-refractivity contribution in [3.63, 3.8) is 0 Å². The number of nitrogens with zero attached hydrogens (tertiary/aromatic N) is 2. The van der Waals surface area contributed by atoms with Crippen LogP contribution in [0, 0.1) is 0 Å². The lowest BCUT2D eigenvalue weighted by Crippen LogP contribution is -2.04. The molecule has 0 atom stereocenters. The van der Waals surface area contributed by atoms with Crippen LogP contribution in [0.3, 0.4) is 0 Å². The van der Waals surface area contributed by atoms with Gasteiger partial charge >= 0.3 is 5.97 Å². The number of aliphatic hydroxyl groups excluding tert-OH is 1. The Labute approximate surface area is 122 Å². The van der Waals surface area contributed by atoms with Gasteiger partial charge < -0.3 is 10.2 Å². The number of carboxylic acids is 1. The average molecular weight is 346 g/mol. The smallest absolute Gasteiger partial charge is 0.356 e. The van der Waals surface area contributed by atoms with Gasteiger partial charge in [-0.15, -0.1) is 0 Å². The minimum Gasteiger partial charge on any atom is -0.476 e. The number of aliphatic hydroxyl groups is 1. The SMILES string of the molecule is O=C(O)c1nn(-c2cccc(Cl)c2Br)cc1CCO. The number of carbonyl (C=O) groups is 1. The molecule has 7 heteroatoms. The van der Waals surface area contributed by atoms with Gasteiger partial charge in [-0.3, -0.25) is 0 Å². The molecule has 0 amide bonds. The van der Waals surface area contributed by atoms with Crippen molar-refractivity contribution < 1.29 is 15.0 Å². The zero-order valence-electron chi connectivity index (χ0n) is 9.68. The third kappa shape index (κ3) is 2.80. The van der Waals surface area contributed by atoms with E-state index in [1.165, 1.54) is 4.68 Å². The van der Waals surface area contributed by atoms with E-state index >= 15 is 0 Å². The second kappa shape index (κ2) is 5.73. The topological polar surface area (TPSA) is 75.3 Å². The normalized spacial score (nSPS) is 10.7. The maximum Gasteiger partial charge on any atom is 0.356 e. The van der Waals surface area contributed by atoms with Gasteiger partial charge in [-0.2, -0.15) is 5.10 Å². The molecule has 2 aromatic rings. The summed E-state index contributed by atoms with van der Waals surface area (Å²) in [5.74, 6) is -1.12. The molecule has 0 aliphatic heterocycles. The monoisotopic (exact) mass is 344 g/mol. The van der Waals surface area contributed by atoms with Gasteiger partial charge in [0.05, 0.1) is 15.2 Å². The van der Waals surface area contributed by atoms with Crippen LogP contribution in [0.1, 0.15) is 16.1 Å². The van der Waals surface area contributed by atoms with Crippen LogP contribution in [0.4, 0.5) is 0 Å². The average Bonchev–Trinajstić information content (AvgIpc) is 2.77. The highest BCUT2D eigenvalue weighted by molar-refractivity contribution is 9.10. The molecule has 19 heavy (non-hydrogen) atoms. The van der Waals surface area contributed by atoms with E-state index in [0.29, 0.717) is 20.7 Å². The summed E-state index contributed by atoms with van der Waals surface area (Å²) < 4.78 is 2.07. The van der Waals surface area contributed by atoms with Gasteiger partial charge in [0.15, 0.2) is 5.69 Å². The maximum atomic E-state index is 11.1. The number of hydrogen-bond acceptors (Lipinski definition) is 3. The van der Waals surface area contributed by atoms with Crippen molar-refractivity contribution in [2.24, 2.45) is 0 Å². The number of aromatic nitrogens is 2. The second-order valence-electron chi connectivity index (χ2n) is 3.80. The standard InChI is InChI=1S/C12H10BrClN2O3/c13-10-8(14)2-1-3-9(10)16-6-7(4-5-17)11(15-16)12(18)19/h1-3,6,17H,4-5H2,(H,18,19). The molecule has 0 bridgehead atoms. The first-order valence-electron chi connectivity index (χ1n) is 5.41. The van der Waals surface area contributed by atoms with Gasteiger partial charge in [0, 0.05) is 18.4 Å². The highest BCUT2D eigenvalue weighted by Crippen LogP contribution is 2.29. The Kier molecular flexibility index (Phi) is 4.24. The van der Waals surface area contributed by atoms with E-state index < -0.39 is 5.97 Å². The Hall–Kier alpha value is -1.37. The van der Waals surface area contributed by atoms with Crippen LogP contribution in [0.5, 0.6) is 0 Å². The van der Waals surface area contributed by atoms with E-state index in [4.69, 9.17) is 21.8 Å².